The molecule has 4 nitrogen and oxygen atoms in total. The SMILES string of the molecule is COCCCNC(=S)N(Cc1ccco1)C1CC1. The Morgan fingerprint density at radius 3 is 3.06 bits per heavy atom. The second-order valence-electron chi connectivity index (χ2n) is 4.52. The molecule has 1 aliphatic rings. The molecular formula is C13H20N2O2S. The molecule has 0 unspecified atom stereocenters. The number of thiocarbonyl (C=S) groups is 1. The summed E-state index contributed by atoms with van der Waals surface area (Å²) in [6, 6.07) is 4.48. The molecule has 0 saturated heterocycles. The van der Waals surface area contributed by atoms with Crippen LogP contribution < -0.4 is 5.32 Å². The molecule has 0 atom stereocenters. The minimum atomic E-state index is 0.581. The molecule has 1 saturated carbocycles. The first-order valence-corrected chi connectivity index (χ1v) is 6.78. The maximum absolute atomic E-state index is 5.45. The molecule has 0 aliphatic heterocycles. The van der Waals surface area contributed by atoms with E-state index in [2.05, 4.69) is 10.2 Å². The van der Waals surface area contributed by atoms with Crippen LogP contribution in [0.5, 0.6) is 0 Å². The van der Waals surface area contributed by atoms with Crippen molar-refractivity contribution < 1.29 is 9.15 Å². The normalized spacial score (nSPS) is 14.5. The molecule has 0 bridgehead atoms. The van der Waals surface area contributed by atoms with E-state index in [4.69, 9.17) is 21.4 Å². The minimum Gasteiger partial charge on any atom is -0.467 e. The first-order chi connectivity index (χ1) is 8.81. The van der Waals surface area contributed by atoms with Gasteiger partial charge in [0.2, 0.25) is 0 Å². The lowest BCUT2D eigenvalue weighted by atomic mass is 10.4. The van der Waals surface area contributed by atoms with Crippen LogP contribution in [0, 0.1) is 0 Å². The van der Waals surface area contributed by atoms with Gasteiger partial charge in [-0.2, -0.15) is 0 Å². The van der Waals surface area contributed by atoms with Crippen molar-refractivity contribution in [3.05, 3.63) is 24.2 Å². The summed E-state index contributed by atoms with van der Waals surface area (Å²) in [5.41, 5.74) is 0. The van der Waals surface area contributed by atoms with Gasteiger partial charge in [0.15, 0.2) is 5.11 Å². The van der Waals surface area contributed by atoms with Gasteiger partial charge in [-0.25, -0.2) is 0 Å². The smallest absolute Gasteiger partial charge is 0.169 e. The Morgan fingerprint density at radius 1 is 1.61 bits per heavy atom. The van der Waals surface area contributed by atoms with Crippen molar-refractivity contribution in [1.29, 1.82) is 0 Å². The van der Waals surface area contributed by atoms with Crippen molar-refractivity contribution in [2.45, 2.75) is 31.8 Å². The summed E-state index contributed by atoms with van der Waals surface area (Å²) in [5, 5.41) is 4.11. The van der Waals surface area contributed by atoms with Crippen molar-refractivity contribution in [1.82, 2.24) is 10.2 Å². The number of nitrogens with zero attached hydrogens (tertiary/aromatic N) is 1. The summed E-state index contributed by atoms with van der Waals surface area (Å²) in [6.07, 6.45) is 5.12. The third-order valence-corrected chi connectivity index (χ3v) is 3.34. The van der Waals surface area contributed by atoms with E-state index in [9.17, 15) is 0 Å². The molecule has 2 rings (SSSR count). The van der Waals surface area contributed by atoms with E-state index in [1.165, 1.54) is 12.8 Å². The zero-order valence-corrected chi connectivity index (χ0v) is 11.5. The summed E-state index contributed by atoms with van der Waals surface area (Å²) >= 11 is 5.45. The summed E-state index contributed by atoms with van der Waals surface area (Å²) in [4.78, 5) is 2.22. The Hall–Kier alpha value is -1.07. The number of ether oxygens (including phenoxy) is 1. The van der Waals surface area contributed by atoms with Gasteiger partial charge >= 0.3 is 0 Å². The molecule has 0 radical (unpaired) electrons. The molecule has 18 heavy (non-hydrogen) atoms. The predicted molar refractivity (Wildman–Crippen MR) is 74.4 cm³/mol. The molecule has 1 N–H and O–H groups in total. The lowest BCUT2D eigenvalue weighted by molar-refractivity contribution is 0.195. The molecule has 0 aromatic carbocycles. The highest BCUT2D eigenvalue weighted by Gasteiger charge is 2.31. The number of nitrogens with one attached hydrogen (secondary N) is 1. The number of hydrogen-bond acceptors (Lipinski definition) is 3. The summed E-state index contributed by atoms with van der Waals surface area (Å²) < 4.78 is 10.4. The van der Waals surface area contributed by atoms with Gasteiger partial charge in [0.05, 0.1) is 12.8 Å². The van der Waals surface area contributed by atoms with Crippen molar-refractivity contribution in [3.63, 3.8) is 0 Å². The zero-order chi connectivity index (χ0) is 12.8. The first kappa shape index (κ1) is 13.4. The Morgan fingerprint density at radius 2 is 2.44 bits per heavy atom. The highest BCUT2D eigenvalue weighted by Crippen LogP contribution is 2.28. The largest absolute Gasteiger partial charge is 0.467 e. The fourth-order valence-corrected chi connectivity index (χ4v) is 2.15. The van der Waals surface area contributed by atoms with Crippen LogP contribution in [0.3, 0.4) is 0 Å². The van der Waals surface area contributed by atoms with Gasteiger partial charge < -0.3 is 19.4 Å². The maximum atomic E-state index is 5.45. The lowest BCUT2D eigenvalue weighted by Gasteiger charge is -2.24. The quantitative estimate of drug-likeness (QED) is 0.606. The molecule has 0 amide bonds. The Balaban J connectivity index is 1.79. The molecule has 5 heteroatoms. The monoisotopic (exact) mass is 268 g/mol. The number of methoxy groups -OCH3 is 1. The lowest BCUT2D eigenvalue weighted by Crippen LogP contribution is -2.41. The van der Waals surface area contributed by atoms with Gasteiger partial charge in [-0.05, 0) is 43.6 Å². The molecule has 1 aromatic rings. The predicted octanol–water partition coefficient (Wildman–Crippen LogP) is 2.16. The number of furan rings is 1. The maximum Gasteiger partial charge on any atom is 0.169 e. The van der Waals surface area contributed by atoms with E-state index in [0.717, 1.165) is 37.0 Å². The van der Waals surface area contributed by atoms with Crippen molar-refractivity contribution in [2.75, 3.05) is 20.3 Å². The van der Waals surface area contributed by atoms with Crippen molar-refractivity contribution >= 4 is 17.3 Å². The Labute approximate surface area is 113 Å². The fourth-order valence-electron chi connectivity index (χ4n) is 1.84. The molecule has 1 aliphatic carbocycles. The second-order valence-corrected chi connectivity index (χ2v) is 4.90. The number of rotatable bonds is 7. The summed E-state index contributed by atoms with van der Waals surface area (Å²) in [5.74, 6) is 0.961. The van der Waals surface area contributed by atoms with E-state index in [-0.39, 0.29) is 0 Å². The standard InChI is InChI=1S/C13H20N2O2S/c1-16-8-3-7-14-13(18)15(11-5-6-11)10-12-4-2-9-17-12/h2,4,9,11H,3,5-8,10H2,1H3,(H,14,18). The average molecular weight is 268 g/mol. The molecular weight excluding hydrogens is 248 g/mol. The van der Waals surface area contributed by atoms with E-state index >= 15 is 0 Å². The van der Waals surface area contributed by atoms with Crippen LogP contribution in [0.15, 0.2) is 22.8 Å². The van der Waals surface area contributed by atoms with E-state index < -0.39 is 0 Å². The summed E-state index contributed by atoms with van der Waals surface area (Å²) in [6.45, 7) is 2.37. The minimum absolute atomic E-state index is 0.581. The van der Waals surface area contributed by atoms with Crippen LogP contribution in [0.2, 0.25) is 0 Å². The Bertz CT molecular complexity index is 363. The van der Waals surface area contributed by atoms with E-state index in [0.29, 0.717) is 6.04 Å². The molecule has 1 fully saturated rings. The molecule has 0 spiro atoms. The first-order valence-electron chi connectivity index (χ1n) is 6.37. The fraction of sp³-hybridized carbons (Fsp3) is 0.615. The van der Waals surface area contributed by atoms with E-state index in [1.54, 1.807) is 13.4 Å². The number of hydrogen-bond donors (Lipinski definition) is 1. The van der Waals surface area contributed by atoms with Crippen LogP contribution in [0.25, 0.3) is 0 Å². The third kappa shape index (κ3) is 3.99. The average Bonchev–Trinajstić information content (AvgIpc) is 3.08. The second kappa shape index (κ2) is 6.75. The van der Waals surface area contributed by atoms with Gasteiger partial charge in [-0.15, -0.1) is 0 Å². The van der Waals surface area contributed by atoms with Gasteiger partial charge in [0.1, 0.15) is 5.76 Å². The highest BCUT2D eigenvalue weighted by molar-refractivity contribution is 7.80. The van der Waals surface area contributed by atoms with Gasteiger partial charge in [0, 0.05) is 26.3 Å². The van der Waals surface area contributed by atoms with Crippen LogP contribution in [0.1, 0.15) is 25.0 Å². The zero-order valence-electron chi connectivity index (χ0n) is 10.7. The highest BCUT2D eigenvalue weighted by atomic mass is 32.1. The van der Waals surface area contributed by atoms with Gasteiger partial charge in [-0.3, -0.25) is 0 Å². The van der Waals surface area contributed by atoms with Gasteiger partial charge in [-0.1, -0.05) is 0 Å². The summed E-state index contributed by atoms with van der Waals surface area (Å²) in [7, 11) is 1.71. The van der Waals surface area contributed by atoms with Gasteiger partial charge in [0.25, 0.3) is 0 Å². The van der Waals surface area contributed by atoms with Crippen LogP contribution in [-0.4, -0.2) is 36.3 Å². The third-order valence-electron chi connectivity index (χ3n) is 2.96. The molecule has 1 heterocycles. The van der Waals surface area contributed by atoms with E-state index in [1.807, 2.05) is 12.1 Å². The Kier molecular flexibility index (Phi) is 5.01. The topological polar surface area (TPSA) is 37.6 Å². The van der Waals surface area contributed by atoms with Crippen LogP contribution in [-0.2, 0) is 11.3 Å². The molecule has 100 valence electrons. The van der Waals surface area contributed by atoms with Crippen LogP contribution >= 0.6 is 12.2 Å². The molecule has 1 aromatic heterocycles. The van der Waals surface area contributed by atoms with Crippen molar-refractivity contribution in [3.8, 4) is 0 Å². The van der Waals surface area contributed by atoms with Crippen LogP contribution in [0.4, 0.5) is 0 Å². The van der Waals surface area contributed by atoms with Crippen molar-refractivity contribution in [2.24, 2.45) is 0 Å².